The van der Waals surface area contributed by atoms with Crippen molar-refractivity contribution < 1.29 is 4.39 Å². The molecule has 0 unspecified atom stereocenters. The van der Waals surface area contributed by atoms with Crippen molar-refractivity contribution in [1.29, 1.82) is 0 Å². The molecular weight excluding hydrogens is 333 g/mol. The van der Waals surface area contributed by atoms with Crippen LogP contribution in [0.2, 0.25) is 0 Å². The molecule has 0 spiro atoms. The first-order chi connectivity index (χ1) is 9.79. The molecule has 0 aliphatic carbocycles. The highest BCUT2D eigenvalue weighted by Crippen LogP contribution is 2.27. The molecule has 5 heteroatoms. The zero-order chi connectivity index (χ0) is 15.6. The van der Waals surface area contributed by atoms with Gasteiger partial charge in [-0.25, -0.2) is 14.4 Å². The highest BCUT2D eigenvalue weighted by molar-refractivity contribution is 9.10. The van der Waals surface area contributed by atoms with Crippen molar-refractivity contribution in [3.63, 3.8) is 0 Å². The average Bonchev–Trinajstić information content (AvgIpc) is 2.36. The molecule has 0 saturated carbocycles. The van der Waals surface area contributed by atoms with Crippen LogP contribution in [-0.4, -0.2) is 16.5 Å². The largest absolute Gasteiger partial charge is 0.370 e. The number of benzene rings is 1. The summed E-state index contributed by atoms with van der Waals surface area (Å²) in [6, 6.07) is 6.63. The summed E-state index contributed by atoms with van der Waals surface area (Å²) in [5.41, 5.74) is 1.47. The Morgan fingerprint density at radius 2 is 1.86 bits per heavy atom. The van der Waals surface area contributed by atoms with Crippen LogP contribution >= 0.6 is 15.9 Å². The van der Waals surface area contributed by atoms with Crippen molar-refractivity contribution in [3.05, 3.63) is 40.2 Å². The molecule has 21 heavy (non-hydrogen) atoms. The topological polar surface area (TPSA) is 37.8 Å². The Hall–Kier alpha value is -1.49. The molecule has 2 aromatic rings. The lowest BCUT2D eigenvalue weighted by Gasteiger charge is -2.19. The number of hydrogen-bond acceptors (Lipinski definition) is 3. The second-order valence-corrected chi connectivity index (χ2v) is 6.82. The Morgan fingerprint density at radius 3 is 2.43 bits per heavy atom. The van der Waals surface area contributed by atoms with E-state index in [2.05, 4.69) is 52.0 Å². The predicted molar refractivity (Wildman–Crippen MR) is 88.0 cm³/mol. The van der Waals surface area contributed by atoms with Gasteiger partial charge in [0.15, 0.2) is 5.82 Å². The summed E-state index contributed by atoms with van der Waals surface area (Å²) >= 11 is 3.31. The predicted octanol–water partition coefficient (Wildman–Crippen LogP) is 4.77. The van der Waals surface area contributed by atoms with Crippen molar-refractivity contribution in [2.24, 2.45) is 0 Å². The molecule has 0 aliphatic heterocycles. The maximum absolute atomic E-state index is 13.6. The molecule has 1 heterocycles. The van der Waals surface area contributed by atoms with Gasteiger partial charge in [-0.05, 0) is 25.1 Å². The van der Waals surface area contributed by atoms with Crippen LogP contribution in [0.15, 0.2) is 28.7 Å². The molecule has 2 rings (SSSR count). The van der Waals surface area contributed by atoms with Crippen molar-refractivity contribution in [3.8, 4) is 11.4 Å². The second kappa shape index (κ2) is 6.10. The van der Waals surface area contributed by atoms with Gasteiger partial charge in [0.25, 0.3) is 0 Å². The van der Waals surface area contributed by atoms with E-state index in [1.807, 2.05) is 19.1 Å². The van der Waals surface area contributed by atoms with Crippen molar-refractivity contribution in [2.75, 3.05) is 11.9 Å². The molecule has 0 fully saturated rings. The Balaban J connectivity index is 2.59. The number of aromatic nitrogens is 2. The molecule has 0 radical (unpaired) electrons. The normalized spacial score (nSPS) is 11.5. The van der Waals surface area contributed by atoms with Crippen LogP contribution in [-0.2, 0) is 5.41 Å². The molecule has 1 aromatic heterocycles. The molecule has 3 nitrogen and oxygen atoms in total. The van der Waals surface area contributed by atoms with Crippen molar-refractivity contribution in [2.45, 2.75) is 33.1 Å². The van der Waals surface area contributed by atoms with Gasteiger partial charge in [0.1, 0.15) is 11.6 Å². The van der Waals surface area contributed by atoms with Crippen LogP contribution in [0, 0.1) is 5.82 Å². The fourth-order valence-corrected chi connectivity index (χ4v) is 2.38. The first-order valence-electron chi connectivity index (χ1n) is 6.89. The molecule has 0 bridgehead atoms. The first kappa shape index (κ1) is 15.9. The van der Waals surface area contributed by atoms with E-state index in [-0.39, 0.29) is 11.2 Å². The summed E-state index contributed by atoms with van der Waals surface area (Å²) < 4.78 is 14.3. The van der Waals surface area contributed by atoms with Gasteiger partial charge in [0.05, 0.1) is 5.69 Å². The molecule has 1 aromatic carbocycles. The maximum atomic E-state index is 13.6. The van der Waals surface area contributed by atoms with Crippen LogP contribution in [0.5, 0.6) is 0 Å². The number of nitrogens with zero attached hydrogens (tertiary/aromatic N) is 2. The third-order valence-electron chi connectivity index (χ3n) is 2.97. The average molecular weight is 352 g/mol. The van der Waals surface area contributed by atoms with Gasteiger partial charge in [-0.3, -0.25) is 0 Å². The van der Waals surface area contributed by atoms with Crippen LogP contribution < -0.4 is 5.32 Å². The van der Waals surface area contributed by atoms with E-state index in [9.17, 15) is 4.39 Å². The molecular formula is C16H19BrFN3. The van der Waals surface area contributed by atoms with Gasteiger partial charge >= 0.3 is 0 Å². The molecule has 0 aliphatic rings. The van der Waals surface area contributed by atoms with Crippen LogP contribution in [0.3, 0.4) is 0 Å². The SMILES string of the molecule is CCNc1cc(C(C)(C)C)nc(-c2cc(F)cc(Br)c2)n1. The van der Waals surface area contributed by atoms with E-state index in [4.69, 9.17) is 0 Å². The fourth-order valence-electron chi connectivity index (χ4n) is 1.92. The van der Waals surface area contributed by atoms with Gasteiger partial charge < -0.3 is 5.32 Å². The van der Waals surface area contributed by atoms with E-state index in [0.29, 0.717) is 15.9 Å². The molecule has 112 valence electrons. The zero-order valence-corrected chi connectivity index (χ0v) is 14.3. The number of nitrogens with one attached hydrogen (secondary N) is 1. The minimum atomic E-state index is -0.311. The van der Waals surface area contributed by atoms with Gasteiger partial charge in [0.2, 0.25) is 0 Å². The highest BCUT2D eigenvalue weighted by atomic mass is 79.9. The third kappa shape index (κ3) is 4.00. The Morgan fingerprint density at radius 1 is 1.14 bits per heavy atom. The number of hydrogen-bond donors (Lipinski definition) is 1. The Labute approximate surface area is 133 Å². The van der Waals surface area contributed by atoms with Gasteiger partial charge in [-0.1, -0.05) is 36.7 Å². The first-order valence-corrected chi connectivity index (χ1v) is 7.69. The van der Waals surface area contributed by atoms with Gasteiger partial charge in [-0.15, -0.1) is 0 Å². The highest BCUT2D eigenvalue weighted by Gasteiger charge is 2.18. The fraction of sp³-hybridized carbons (Fsp3) is 0.375. The minimum Gasteiger partial charge on any atom is -0.370 e. The van der Waals surface area contributed by atoms with Crippen molar-refractivity contribution in [1.82, 2.24) is 9.97 Å². The zero-order valence-electron chi connectivity index (χ0n) is 12.7. The summed E-state index contributed by atoms with van der Waals surface area (Å²) in [6.45, 7) is 9.06. The number of rotatable bonds is 3. The minimum absolute atomic E-state index is 0.105. The maximum Gasteiger partial charge on any atom is 0.161 e. The third-order valence-corrected chi connectivity index (χ3v) is 3.43. The quantitative estimate of drug-likeness (QED) is 0.864. The van der Waals surface area contributed by atoms with Crippen LogP contribution in [0.25, 0.3) is 11.4 Å². The van der Waals surface area contributed by atoms with E-state index in [1.54, 1.807) is 0 Å². The molecule has 1 N–H and O–H groups in total. The number of halogens is 2. The van der Waals surface area contributed by atoms with E-state index >= 15 is 0 Å². The van der Waals surface area contributed by atoms with E-state index < -0.39 is 0 Å². The lowest BCUT2D eigenvalue weighted by Crippen LogP contribution is -2.16. The molecule has 0 saturated heterocycles. The number of anilines is 1. The lowest BCUT2D eigenvalue weighted by molar-refractivity contribution is 0.568. The Bertz CT molecular complexity index is 630. The van der Waals surface area contributed by atoms with E-state index in [0.717, 1.165) is 18.1 Å². The second-order valence-electron chi connectivity index (χ2n) is 5.90. The van der Waals surface area contributed by atoms with Crippen LogP contribution in [0.1, 0.15) is 33.4 Å². The summed E-state index contributed by atoms with van der Waals surface area (Å²) in [4.78, 5) is 9.08. The Kier molecular flexibility index (Phi) is 4.61. The van der Waals surface area contributed by atoms with Gasteiger partial charge in [0, 0.05) is 28.1 Å². The summed E-state index contributed by atoms with van der Waals surface area (Å²) in [7, 11) is 0. The lowest BCUT2D eigenvalue weighted by atomic mass is 9.91. The van der Waals surface area contributed by atoms with Crippen LogP contribution in [0.4, 0.5) is 10.2 Å². The van der Waals surface area contributed by atoms with Crippen molar-refractivity contribution >= 4 is 21.7 Å². The molecule has 0 amide bonds. The smallest absolute Gasteiger partial charge is 0.161 e. The molecule has 0 atom stereocenters. The van der Waals surface area contributed by atoms with Gasteiger partial charge in [-0.2, -0.15) is 0 Å². The summed E-state index contributed by atoms with van der Waals surface area (Å²) in [5, 5.41) is 3.20. The van der Waals surface area contributed by atoms with E-state index in [1.165, 1.54) is 12.1 Å². The summed E-state index contributed by atoms with van der Waals surface area (Å²) in [5.74, 6) is 0.973. The standard InChI is InChI=1S/C16H19BrFN3/c1-5-19-14-9-13(16(2,3)4)20-15(21-14)10-6-11(17)8-12(18)7-10/h6-9H,5H2,1-4H3,(H,19,20,21). The summed E-state index contributed by atoms with van der Waals surface area (Å²) in [6.07, 6.45) is 0. The monoisotopic (exact) mass is 351 g/mol.